The third-order valence-electron chi connectivity index (χ3n) is 2.11. The molecule has 0 aliphatic heterocycles. The van der Waals surface area contributed by atoms with Gasteiger partial charge in [0, 0.05) is 6.07 Å². The van der Waals surface area contributed by atoms with Crippen LogP contribution < -0.4 is 4.72 Å². The highest BCUT2D eigenvalue weighted by Gasteiger charge is 2.18. The van der Waals surface area contributed by atoms with E-state index in [1.165, 1.54) is 6.07 Å². The molecule has 0 spiro atoms. The lowest BCUT2D eigenvalue weighted by Crippen LogP contribution is -2.10. The zero-order chi connectivity index (χ0) is 12.5. The summed E-state index contributed by atoms with van der Waals surface area (Å²) in [5.41, 5.74) is 0.717. The van der Waals surface area contributed by atoms with Crippen molar-refractivity contribution < 1.29 is 12.9 Å². The van der Waals surface area contributed by atoms with Crippen LogP contribution in [-0.2, 0) is 10.0 Å². The van der Waals surface area contributed by atoms with Crippen molar-refractivity contribution in [2.45, 2.75) is 24.0 Å². The van der Waals surface area contributed by atoms with Gasteiger partial charge in [-0.05, 0) is 17.4 Å². The van der Waals surface area contributed by atoms with E-state index in [0.717, 1.165) is 11.3 Å². The summed E-state index contributed by atoms with van der Waals surface area (Å²) in [5, 5.41) is 5.49. The molecule has 2 aromatic rings. The molecule has 17 heavy (non-hydrogen) atoms. The Morgan fingerprint density at radius 1 is 1.47 bits per heavy atom. The van der Waals surface area contributed by atoms with Gasteiger partial charge in [-0.25, -0.2) is 13.1 Å². The quantitative estimate of drug-likeness (QED) is 0.928. The second-order valence-corrected chi connectivity index (χ2v) is 6.67. The first-order chi connectivity index (χ1) is 7.99. The molecule has 0 saturated heterocycles. The molecule has 2 heterocycles. The van der Waals surface area contributed by atoms with Crippen molar-refractivity contribution in [3.05, 3.63) is 29.3 Å². The maximum absolute atomic E-state index is 11.9. The molecule has 2 aromatic heterocycles. The van der Waals surface area contributed by atoms with Crippen LogP contribution in [0.3, 0.4) is 0 Å². The predicted octanol–water partition coefficient (Wildman–Crippen LogP) is 2.66. The Kier molecular flexibility index (Phi) is 3.21. The van der Waals surface area contributed by atoms with Gasteiger partial charge in [-0.15, -0.1) is 11.3 Å². The Hall–Kier alpha value is -1.34. The first-order valence-electron chi connectivity index (χ1n) is 5.02. The van der Waals surface area contributed by atoms with Crippen LogP contribution in [0.5, 0.6) is 0 Å². The van der Waals surface area contributed by atoms with E-state index in [-0.39, 0.29) is 16.0 Å². The van der Waals surface area contributed by atoms with Gasteiger partial charge in [0.1, 0.15) is 4.21 Å². The van der Waals surface area contributed by atoms with Gasteiger partial charge in [0.05, 0.1) is 5.69 Å². The van der Waals surface area contributed by atoms with Crippen LogP contribution in [0.15, 0.2) is 32.3 Å². The lowest BCUT2D eigenvalue weighted by atomic mass is 10.1. The van der Waals surface area contributed by atoms with E-state index in [1.54, 1.807) is 17.5 Å². The van der Waals surface area contributed by atoms with E-state index in [2.05, 4.69) is 9.88 Å². The fourth-order valence-electron chi connectivity index (χ4n) is 1.21. The first kappa shape index (κ1) is 12.1. The Morgan fingerprint density at radius 3 is 2.76 bits per heavy atom. The van der Waals surface area contributed by atoms with Gasteiger partial charge in [0.15, 0.2) is 0 Å². The van der Waals surface area contributed by atoms with Gasteiger partial charge in [-0.2, -0.15) is 0 Å². The number of rotatable bonds is 4. The third-order valence-corrected chi connectivity index (χ3v) is 4.86. The summed E-state index contributed by atoms with van der Waals surface area (Å²) in [7, 11) is -3.55. The largest absolute Gasteiger partial charge is 0.338 e. The number of nitrogens with one attached hydrogen (secondary N) is 1. The molecule has 0 bridgehead atoms. The molecule has 0 saturated carbocycles. The Bertz CT molecular complexity index is 585. The van der Waals surface area contributed by atoms with Crippen molar-refractivity contribution in [3.8, 4) is 0 Å². The molecule has 0 aliphatic rings. The van der Waals surface area contributed by atoms with Crippen molar-refractivity contribution in [1.29, 1.82) is 0 Å². The van der Waals surface area contributed by atoms with Crippen LogP contribution >= 0.6 is 11.3 Å². The van der Waals surface area contributed by atoms with E-state index >= 15 is 0 Å². The van der Waals surface area contributed by atoms with Crippen LogP contribution in [0.25, 0.3) is 0 Å². The summed E-state index contributed by atoms with van der Waals surface area (Å²) in [4.78, 5) is 0. The minimum Gasteiger partial charge on any atom is -0.338 e. The van der Waals surface area contributed by atoms with Crippen LogP contribution in [0.4, 0.5) is 5.88 Å². The monoisotopic (exact) mass is 272 g/mol. The number of thiophene rings is 1. The van der Waals surface area contributed by atoms with E-state index in [4.69, 9.17) is 4.52 Å². The molecule has 0 unspecified atom stereocenters. The fraction of sp³-hybridized carbons (Fsp3) is 0.300. The van der Waals surface area contributed by atoms with Crippen LogP contribution in [0.2, 0.25) is 0 Å². The van der Waals surface area contributed by atoms with E-state index in [1.807, 2.05) is 13.8 Å². The molecule has 5 nitrogen and oxygen atoms in total. The van der Waals surface area contributed by atoms with E-state index in [0.29, 0.717) is 5.69 Å². The van der Waals surface area contributed by atoms with Crippen molar-refractivity contribution in [1.82, 2.24) is 5.16 Å². The minimum absolute atomic E-state index is 0.141. The molecule has 0 aromatic carbocycles. The first-order valence-corrected chi connectivity index (χ1v) is 7.38. The van der Waals surface area contributed by atoms with E-state index < -0.39 is 10.0 Å². The molecule has 0 aliphatic carbocycles. The van der Waals surface area contributed by atoms with E-state index in [9.17, 15) is 8.42 Å². The maximum Gasteiger partial charge on any atom is 0.273 e. The summed E-state index contributed by atoms with van der Waals surface area (Å²) in [6.07, 6.45) is 0. The number of sulfonamides is 1. The molecule has 0 fully saturated rings. The van der Waals surface area contributed by atoms with Crippen molar-refractivity contribution in [3.63, 3.8) is 0 Å². The number of nitrogens with zero attached hydrogens (tertiary/aromatic N) is 1. The third kappa shape index (κ3) is 2.67. The average molecular weight is 272 g/mol. The van der Waals surface area contributed by atoms with Crippen LogP contribution in [-0.4, -0.2) is 13.6 Å². The van der Waals surface area contributed by atoms with Crippen molar-refractivity contribution >= 4 is 27.2 Å². The summed E-state index contributed by atoms with van der Waals surface area (Å²) in [6.45, 7) is 3.91. The molecule has 0 atom stereocenters. The summed E-state index contributed by atoms with van der Waals surface area (Å²) < 4.78 is 31.2. The average Bonchev–Trinajstić information content (AvgIpc) is 2.85. The lowest BCUT2D eigenvalue weighted by Gasteiger charge is -2.00. The predicted molar refractivity (Wildman–Crippen MR) is 65.7 cm³/mol. The topological polar surface area (TPSA) is 72.2 Å². The van der Waals surface area contributed by atoms with Gasteiger partial charge in [-0.1, -0.05) is 25.1 Å². The fourth-order valence-corrected chi connectivity index (χ4v) is 3.17. The molecule has 0 radical (unpaired) electrons. The summed E-state index contributed by atoms with van der Waals surface area (Å²) in [6, 6.07) is 4.81. The number of hydrogen-bond acceptors (Lipinski definition) is 5. The number of aromatic nitrogens is 1. The highest BCUT2D eigenvalue weighted by molar-refractivity contribution is 7.94. The van der Waals surface area contributed by atoms with Gasteiger partial charge in [-0.3, -0.25) is 0 Å². The number of hydrogen-bond donors (Lipinski definition) is 1. The molecule has 0 amide bonds. The highest BCUT2D eigenvalue weighted by atomic mass is 32.2. The maximum atomic E-state index is 11.9. The molecular weight excluding hydrogens is 260 g/mol. The number of anilines is 1. The second kappa shape index (κ2) is 4.50. The highest BCUT2D eigenvalue weighted by Crippen LogP contribution is 2.22. The molecule has 1 N–H and O–H groups in total. The van der Waals surface area contributed by atoms with Gasteiger partial charge >= 0.3 is 0 Å². The SMILES string of the molecule is CC(C)c1cc(NS(=O)(=O)c2cccs2)on1. The smallest absolute Gasteiger partial charge is 0.273 e. The van der Waals surface area contributed by atoms with Crippen LogP contribution in [0, 0.1) is 0 Å². The molecule has 2 rings (SSSR count). The Labute approximate surface area is 103 Å². The zero-order valence-electron chi connectivity index (χ0n) is 9.38. The van der Waals surface area contributed by atoms with Gasteiger partial charge < -0.3 is 4.52 Å². The van der Waals surface area contributed by atoms with Crippen molar-refractivity contribution in [2.24, 2.45) is 0 Å². The Morgan fingerprint density at radius 2 is 2.24 bits per heavy atom. The molecule has 92 valence electrons. The standard InChI is InChI=1S/C10H12N2O3S2/c1-7(2)8-6-9(15-11-8)12-17(13,14)10-4-3-5-16-10/h3-7,12H,1-2H3. The Balaban J connectivity index is 2.21. The second-order valence-electron chi connectivity index (χ2n) is 3.81. The summed E-state index contributed by atoms with van der Waals surface area (Å²) >= 11 is 1.15. The minimum atomic E-state index is -3.55. The normalized spacial score (nSPS) is 11.9. The zero-order valence-corrected chi connectivity index (χ0v) is 11.0. The summed E-state index contributed by atoms with van der Waals surface area (Å²) in [5.74, 6) is 0.334. The van der Waals surface area contributed by atoms with Gasteiger partial charge in [0.25, 0.3) is 10.0 Å². The van der Waals surface area contributed by atoms with Crippen LogP contribution in [0.1, 0.15) is 25.5 Å². The van der Waals surface area contributed by atoms with Gasteiger partial charge in [0.2, 0.25) is 5.88 Å². The van der Waals surface area contributed by atoms with Crippen molar-refractivity contribution in [2.75, 3.05) is 4.72 Å². The lowest BCUT2D eigenvalue weighted by molar-refractivity contribution is 0.423. The molecular formula is C10H12N2O3S2. The molecule has 7 heteroatoms.